The normalized spacial score (nSPS) is 19.2. The van der Waals surface area contributed by atoms with Crippen LogP contribution in [0.1, 0.15) is 12.0 Å². The lowest BCUT2D eigenvalue weighted by Gasteiger charge is -2.16. The van der Waals surface area contributed by atoms with Crippen molar-refractivity contribution in [1.29, 1.82) is 0 Å². The molecule has 0 spiro atoms. The van der Waals surface area contributed by atoms with Crippen LogP contribution in [0.25, 0.3) is 0 Å². The lowest BCUT2D eigenvalue weighted by molar-refractivity contribution is -0.140. The van der Waals surface area contributed by atoms with Crippen molar-refractivity contribution in [2.45, 2.75) is 18.7 Å². The van der Waals surface area contributed by atoms with E-state index in [-0.39, 0.29) is 18.8 Å². The Balaban J connectivity index is 2.28. The summed E-state index contributed by atoms with van der Waals surface area (Å²) in [6.45, 7) is -0.337. The summed E-state index contributed by atoms with van der Waals surface area (Å²) in [5, 5.41) is -0.801. The van der Waals surface area contributed by atoms with Crippen LogP contribution in [0, 0.1) is 5.82 Å². The monoisotopic (exact) mass is 325 g/mol. The van der Waals surface area contributed by atoms with Crippen LogP contribution in [-0.2, 0) is 20.5 Å². The Morgan fingerprint density at radius 1 is 1.43 bits per heavy atom. The molecule has 0 N–H and O–H groups in total. The van der Waals surface area contributed by atoms with E-state index in [0.29, 0.717) is 12.1 Å². The summed E-state index contributed by atoms with van der Waals surface area (Å²) in [4.78, 5) is 23.5. The summed E-state index contributed by atoms with van der Waals surface area (Å²) in [5.41, 5.74) is -1.65. The molecular formula is C12H8ClF4NO3. The summed E-state index contributed by atoms with van der Waals surface area (Å²) in [5.74, 6) is -2.14. The maximum atomic E-state index is 13.2. The number of nitrogens with zero attached hydrogens (tertiary/aromatic N) is 1. The van der Waals surface area contributed by atoms with Crippen LogP contribution < -0.4 is 4.90 Å². The lowest BCUT2D eigenvalue weighted by atomic mass is 10.1. The molecule has 1 aromatic carbocycles. The Labute approximate surface area is 121 Å². The molecule has 114 valence electrons. The van der Waals surface area contributed by atoms with E-state index in [0.717, 1.165) is 11.0 Å². The van der Waals surface area contributed by atoms with Crippen LogP contribution in [-0.4, -0.2) is 24.0 Å². The van der Waals surface area contributed by atoms with E-state index in [2.05, 4.69) is 0 Å². The van der Waals surface area contributed by atoms with Gasteiger partial charge >= 0.3 is 6.18 Å². The van der Waals surface area contributed by atoms with Crippen molar-refractivity contribution >= 4 is 28.4 Å². The zero-order valence-electron chi connectivity index (χ0n) is 10.3. The van der Waals surface area contributed by atoms with Gasteiger partial charge in [0.15, 0.2) is 0 Å². The van der Waals surface area contributed by atoms with Crippen LogP contribution in [0.4, 0.5) is 23.2 Å². The number of rotatable bonds is 3. The number of anilines is 1. The van der Waals surface area contributed by atoms with E-state index in [9.17, 15) is 27.2 Å². The predicted molar refractivity (Wildman–Crippen MR) is 64.1 cm³/mol. The number of alkyl halides is 3. The number of amides is 1. The SMILES string of the molecule is O=C(Cl)CC1OCN(c2ccc(F)c(C(F)(F)F)c2)C1=O. The van der Waals surface area contributed by atoms with Crippen LogP contribution in [0.5, 0.6) is 0 Å². The number of ether oxygens (including phenoxy) is 1. The zero-order chi connectivity index (χ0) is 15.8. The van der Waals surface area contributed by atoms with Gasteiger partial charge in [0, 0.05) is 5.69 Å². The highest BCUT2D eigenvalue weighted by Gasteiger charge is 2.38. The molecule has 1 saturated heterocycles. The number of hydrogen-bond donors (Lipinski definition) is 0. The standard InChI is InChI=1S/C12H8ClF4NO3/c13-10(19)4-9-11(20)18(5-21-9)6-1-2-8(14)7(3-6)12(15,16)17/h1-3,9H,4-5H2. The smallest absolute Gasteiger partial charge is 0.347 e. The third-order valence-electron chi connectivity index (χ3n) is 2.86. The Hall–Kier alpha value is -1.67. The van der Waals surface area contributed by atoms with Crippen molar-refractivity contribution in [3.8, 4) is 0 Å². The molecule has 21 heavy (non-hydrogen) atoms. The largest absolute Gasteiger partial charge is 0.419 e. The van der Waals surface area contributed by atoms with Crippen molar-refractivity contribution < 1.29 is 31.9 Å². The summed E-state index contributed by atoms with van der Waals surface area (Å²) >= 11 is 5.13. The van der Waals surface area contributed by atoms with Gasteiger partial charge in [0.1, 0.15) is 18.7 Å². The summed E-state index contributed by atoms with van der Waals surface area (Å²) in [7, 11) is 0. The molecular weight excluding hydrogens is 318 g/mol. The molecule has 0 radical (unpaired) electrons. The quantitative estimate of drug-likeness (QED) is 0.634. The molecule has 4 nitrogen and oxygen atoms in total. The van der Waals surface area contributed by atoms with Crippen LogP contribution in [0.2, 0.25) is 0 Å². The molecule has 2 rings (SSSR count). The molecule has 0 aromatic heterocycles. The fourth-order valence-electron chi connectivity index (χ4n) is 1.87. The van der Waals surface area contributed by atoms with E-state index >= 15 is 0 Å². The van der Waals surface area contributed by atoms with Gasteiger partial charge in [-0.05, 0) is 29.8 Å². The van der Waals surface area contributed by atoms with E-state index in [1.54, 1.807) is 0 Å². The molecule has 1 aliphatic rings. The average Bonchev–Trinajstić information content (AvgIpc) is 2.70. The van der Waals surface area contributed by atoms with E-state index in [4.69, 9.17) is 16.3 Å². The van der Waals surface area contributed by atoms with E-state index < -0.39 is 34.8 Å². The first kappa shape index (κ1) is 15.7. The Morgan fingerprint density at radius 3 is 2.67 bits per heavy atom. The second kappa shape index (κ2) is 5.61. The summed E-state index contributed by atoms with van der Waals surface area (Å²) in [6, 6.07) is 2.16. The van der Waals surface area contributed by atoms with Gasteiger partial charge in [-0.2, -0.15) is 13.2 Å². The fourth-order valence-corrected chi connectivity index (χ4v) is 2.01. The first-order valence-electron chi connectivity index (χ1n) is 5.68. The number of carbonyl (C=O) groups is 2. The van der Waals surface area contributed by atoms with Gasteiger partial charge in [-0.1, -0.05) is 0 Å². The molecule has 1 aliphatic heterocycles. The predicted octanol–water partition coefficient (Wildman–Crippen LogP) is 2.69. The Bertz CT molecular complexity index is 590. The summed E-state index contributed by atoms with van der Waals surface area (Å²) in [6.07, 6.45) is -6.41. The topological polar surface area (TPSA) is 46.6 Å². The second-order valence-corrected chi connectivity index (χ2v) is 4.69. The number of carbonyl (C=O) groups excluding carboxylic acids is 2. The molecule has 1 unspecified atom stereocenters. The van der Waals surface area contributed by atoms with Gasteiger partial charge in [0.25, 0.3) is 5.91 Å². The first-order valence-corrected chi connectivity index (χ1v) is 6.06. The molecule has 1 aromatic rings. The van der Waals surface area contributed by atoms with Gasteiger partial charge in [-0.15, -0.1) is 0 Å². The molecule has 1 heterocycles. The van der Waals surface area contributed by atoms with Crippen molar-refractivity contribution in [1.82, 2.24) is 0 Å². The molecule has 1 amide bonds. The van der Waals surface area contributed by atoms with Gasteiger partial charge in [0.2, 0.25) is 5.24 Å². The highest BCUT2D eigenvalue weighted by atomic mass is 35.5. The first-order chi connectivity index (χ1) is 9.70. The third-order valence-corrected chi connectivity index (χ3v) is 3.01. The van der Waals surface area contributed by atoms with Crippen LogP contribution in [0.15, 0.2) is 18.2 Å². The third kappa shape index (κ3) is 3.33. The highest BCUT2D eigenvalue weighted by Crippen LogP contribution is 2.34. The van der Waals surface area contributed by atoms with Gasteiger partial charge in [-0.3, -0.25) is 14.5 Å². The minimum absolute atomic E-state index is 0.168. The second-order valence-electron chi connectivity index (χ2n) is 4.27. The molecule has 0 saturated carbocycles. The molecule has 9 heteroatoms. The summed E-state index contributed by atoms with van der Waals surface area (Å²) < 4.78 is 56.1. The minimum Gasteiger partial charge on any atom is -0.347 e. The maximum absolute atomic E-state index is 13.2. The number of hydrogen-bond acceptors (Lipinski definition) is 3. The molecule has 0 bridgehead atoms. The molecule has 0 aliphatic carbocycles. The molecule has 1 fully saturated rings. The van der Waals surface area contributed by atoms with Crippen molar-refractivity contribution in [2.24, 2.45) is 0 Å². The Morgan fingerprint density at radius 2 is 2.10 bits per heavy atom. The number of halogens is 5. The molecule has 1 atom stereocenters. The van der Waals surface area contributed by atoms with Gasteiger partial charge in [0.05, 0.1) is 12.0 Å². The Kier molecular flexibility index (Phi) is 4.20. The van der Waals surface area contributed by atoms with Crippen molar-refractivity contribution in [3.05, 3.63) is 29.6 Å². The van der Waals surface area contributed by atoms with E-state index in [1.165, 1.54) is 0 Å². The van der Waals surface area contributed by atoms with Gasteiger partial charge < -0.3 is 4.74 Å². The van der Waals surface area contributed by atoms with Crippen LogP contribution >= 0.6 is 11.6 Å². The van der Waals surface area contributed by atoms with Crippen molar-refractivity contribution in [3.63, 3.8) is 0 Å². The minimum atomic E-state index is -4.88. The zero-order valence-corrected chi connectivity index (χ0v) is 11.0. The average molecular weight is 326 g/mol. The lowest BCUT2D eigenvalue weighted by Crippen LogP contribution is -2.30. The fraction of sp³-hybridized carbons (Fsp3) is 0.333. The number of benzene rings is 1. The van der Waals surface area contributed by atoms with Crippen molar-refractivity contribution in [2.75, 3.05) is 11.6 Å². The maximum Gasteiger partial charge on any atom is 0.419 e. The highest BCUT2D eigenvalue weighted by molar-refractivity contribution is 6.63. The van der Waals surface area contributed by atoms with Gasteiger partial charge in [-0.25, -0.2) is 4.39 Å². The van der Waals surface area contributed by atoms with Crippen LogP contribution in [0.3, 0.4) is 0 Å². The van der Waals surface area contributed by atoms with E-state index in [1.807, 2.05) is 0 Å².